The topological polar surface area (TPSA) is 106 Å². The van der Waals surface area contributed by atoms with E-state index in [4.69, 9.17) is 0 Å². The molecule has 0 atom stereocenters. The largest absolute Gasteiger partial charge is 0.359 e. The van der Waals surface area contributed by atoms with Crippen molar-refractivity contribution in [3.63, 3.8) is 0 Å². The molecule has 19 heavy (non-hydrogen) atoms. The predicted molar refractivity (Wildman–Crippen MR) is 69.8 cm³/mol. The number of nitro groups is 1. The first-order chi connectivity index (χ1) is 9.20. The van der Waals surface area contributed by atoms with Gasteiger partial charge in [-0.3, -0.25) is 15.1 Å². The Kier molecular flexibility index (Phi) is 3.81. The molecule has 0 bridgehead atoms. The lowest BCUT2D eigenvalue weighted by Crippen LogP contribution is -2.08. The Balaban J connectivity index is 2.20. The molecule has 0 unspecified atom stereocenters. The second kappa shape index (κ2) is 5.71. The number of nitrogens with zero attached hydrogens (tertiary/aromatic N) is 4. The summed E-state index contributed by atoms with van der Waals surface area (Å²) >= 11 is 0. The number of aromatic nitrogens is 3. The zero-order chi connectivity index (χ0) is 13.7. The summed E-state index contributed by atoms with van der Waals surface area (Å²) in [7, 11) is 1.64. The van der Waals surface area contributed by atoms with Crippen molar-refractivity contribution in [1.82, 2.24) is 15.0 Å². The summed E-state index contributed by atoms with van der Waals surface area (Å²) in [6, 6.07) is 5.46. The summed E-state index contributed by atoms with van der Waals surface area (Å²) in [5.41, 5.74) is 0.594. The lowest BCUT2D eigenvalue weighted by Gasteiger charge is -2.06. The van der Waals surface area contributed by atoms with E-state index < -0.39 is 4.92 Å². The fourth-order valence-corrected chi connectivity index (χ4v) is 1.44. The molecule has 0 radical (unpaired) electrons. The number of hydrogen-bond donors (Lipinski definition) is 2. The molecule has 2 rings (SSSR count). The molecule has 0 saturated carbocycles. The maximum absolute atomic E-state index is 10.9. The van der Waals surface area contributed by atoms with Gasteiger partial charge in [-0.05, 0) is 12.1 Å². The van der Waals surface area contributed by atoms with Crippen molar-refractivity contribution in [1.29, 1.82) is 0 Å². The van der Waals surface area contributed by atoms with Gasteiger partial charge in [0.15, 0.2) is 0 Å². The van der Waals surface area contributed by atoms with Crippen LogP contribution >= 0.6 is 0 Å². The molecule has 2 aromatic heterocycles. The average molecular weight is 260 g/mol. The van der Waals surface area contributed by atoms with E-state index in [1.54, 1.807) is 19.3 Å². The quantitative estimate of drug-likeness (QED) is 0.618. The number of nitrogens with one attached hydrogen (secondary N) is 2. The van der Waals surface area contributed by atoms with Gasteiger partial charge in [0.25, 0.3) is 0 Å². The van der Waals surface area contributed by atoms with E-state index in [2.05, 4.69) is 25.6 Å². The van der Waals surface area contributed by atoms with Gasteiger partial charge in [-0.1, -0.05) is 6.07 Å². The van der Waals surface area contributed by atoms with Crippen LogP contribution in [0.25, 0.3) is 0 Å². The van der Waals surface area contributed by atoms with Crippen molar-refractivity contribution in [3.8, 4) is 0 Å². The molecule has 0 saturated heterocycles. The third kappa shape index (κ3) is 3.12. The molecule has 0 amide bonds. The highest BCUT2D eigenvalue weighted by molar-refractivity contribution is 5.56. The minimum Gasteiger partial charge on any atom is -0.359 e. The molecule has 2 heterocycles. The Bertz CT molecular complexity index is 575. The molecule has 0 aliphatic rings. The third-order valence-corrected chi connectivity index (χ3v) is 2.35. The molecule has 8 heteroatoms. The maximum Gasteiger partial charge on any atom is 0.329 e. The normalized spacial score (nSPS) is 9.95. The summed E-state index contributed by atoms with van der Waals surface area (Å²) in [4.78, 5) is 22.3. The average Bonchev–Trinajstić information content (AvgIpc) is 2.45. The fraction of sp³-hybridized carbons (Fsp3) is 0.182. The fourth-order valence-electron chi connectivity index (χ4n) is 1.44. The van der Waals surface area contributed by atoms with E-state index in [1.165, 1.54) is 6.20 Å². The van der Waals surface area contributed by atoms with Crippen LogP contribution in [0, 0.1) is 10.1 Å². The van der Waals surface area contributed by atoms with Crippen LogP contribution in [0.1, 0.15) is 5.69 Å². The van der Waals surface area contributed by atoms with Gasteiger partial charge < -0.3 is 10.6 Å². The monoisotopic (exact) mass is 260 g/mol. The van der Waals surface area contributed by atoms with Gasteiger partial charge in [-0.2, -0.15) is 4.98 Å². The summed E-state index contributed by atoms with van der Waals surface area (Å²) in [6.07, 6.45) is 2.82. The van der Waals surface area contributed by atoms with Gasteiger partial charge in [0.05, 0.1) is 17.2 Å². The second-order valence-corrected chi connectivity index (χ2v) is 3.61. The summed E-state index contributed by atoms with van der Waals surface area (Å²) in [5.74, 6) is 0.476. The van der Waals surface area contributed by atoms with Crippen LogP contribution in [-0.4, -0.2) is 26.9 Å². The molecule has 98 valence electrons. The van der Waals surface area contributed by atoms with Crippen molar-refractivity contribution in [2.24, 2.45) is 0 Å². The Labute approximate surface area is 109 Å². The Morgan fingerprint density at radius 1 is 1.37 bits per heavy atom. The van der Waals surface area contributed by atoms with E-state index in [9.17, 15) is 10.1 Å². The molecular formula is C11H12N6O2. The van der Waals surface area contributed by atoms with Crippen molar-refractivity contribution < 1.29 is 4.92 Å². The van der Waals surface area contributed by atoms with Crippen LogP contribution in [0.5, 0.6) is 0 Å². The van der Waals surface area contributed by atoms with E-state index in [1.807, 2.05) is 12.1 Å². The molecular weight excluding hydrogens is 248 g/mol. The highest BCUT2D eigenvalue weighted by Crippen LogP contribution is 2.22. The van der Waals surface area contributed by atoms with Crippen molar-refractivity contribution in [2.75, 3.05) is 17.7 Å². The van der Waals surface area contributed by atoms with Gasteiger partial charge in [0.1, 0.15) is 6.20 Å². The number of pyridine rings is 1. The molecule has 8 nitrogen and oxygen atoms in total. The first-order valence-corrected chi connectivity index (χ1v) is 5.53. The van der Waals surface area contributed by atoms with Gasteiger partial charge in [-0.15, -0.1) is 0 Å². The first-order valence-electron chi connectivity index (χ1n) is 5.53. The predicted octanol–water partition coefficient (Wildman–Crippen LogP) is 1.43. The van der Waals surface area contributed by atoms with Gasteiger partial charge in [0, 0.05) is 13.2 Å². The molecule has 0 spiro atoms. The Morgan fingerprint density at radius 2 is 2.21 bits per heavy atom. The van der Waals surface area contributed by atoms with Crippen LogP contribution in [0.3, 0.4) is 0 Å². The number of hydrogen-bond acceptors (Lipinski definition) is 7. The van der Waals surface area contributed by atoms with Crippen molar-refractivity contribution in [3.05, 3.63) is 46.4 Å². The number of anilines is 2. The summed E-state index contributed by atoms with van der Waals surface area (Å²) < 4.78 is 0. The lowest BCUT2D eigenvalue weighted by atomic mass is 10.3. The summed E-state index contributed by atoms with van der Waals surface area (Å²) in [5, 5.41) is 16.5. The molecule has 2 N–H and O–H groups in total. The molecule has 0 aliphatic heterocycles. The molecule has 0 fully saturated rings. The molecule has 0 aromatic carbocycles. The Morgan fingerprint density at radius 3 is 2.84 bits per heavy atom. The highest BCUT2D eigenvalue weighted by Gasteiger charge is 2.16. The van der Waals surface area contributed by atoms with Gasteiger partial charge in [-0.25, -0.2) is 4.98 Å². The lowest BCUT2D eigenvalue weighted by molar-refractivity contribution is -0.384. The van der Waals surface area contributed by atoms with Crippen LogP contribution in [0.4, 0.5) is 17.5 Å². The third-order valence-electron chi connectivity index (χ3n) is 2.35. The molecule has 2 aromatic rings. The van der Waals surface area contributed by atoms with E-state index in [0.717, 1.165) is 5.69 Å². The zero-order valence-corrected chi connectivity index (χ0v) is 10.2. The van der Waals surface area contributed by atoms with Crippen LogP contribution in [-0.2, 0) is 6.54 Å². The zero-order valence-electron chi connectivity index (χ0n) is 10.2. The summed E-state index contributed by atoms with van der Waals surface area (Å²) in [6.45, 7) is 0.349. The van der Waals surface area contributed by atoms with Crippen LogP contribution in [0.2, 0.25) is 0 Å². The van der Waals surface area contributed by atoms with Crippen LogP contribution in [0.15, 0.2) is 30.6 Å². The SMILES string of the molecule is CNc1ncc([N+](=O)[O-])c(NCc2ccccn2)n1. The van der Waals surface area contributed by atoms with E-state index >= 15 is 0 Å². The minimum atomic E-state index is -0.528. The van der Waals surface area contributed by atoms with Gasteiger partial charge in [0.2, 0.25) is 11.8 Å². The van der Waals surface area contributed by atoms with Crippen molar-refractivity contribution in [2.45, 2.75) is 6.54 Å². The Hall–Kier alpha value is -2.77. The smallest absolute Gasteiger partial charge is 0.329 e. The minimum absolute atomic E-state index is 0.162. The van der Waals surface area contributed by atoms with Crippen LogP contribution < -0.4 is 10.6 Å². The second-order valence-electron chi connectivity index (χ2n) is 3.61. The van der Waals surface area contributed by atoms with Gasteiger partial charge >= 0.3 is 5.69 Å². The highest BCUT2D eigenvalue weighted by atomic mass is 16.6. The standard InChI is InChI=1S/C11H12N6O2/c1-12-11-15-7-9(17(18)19)10(16-11)14-6-8-4-2-3-5-13-8/h2-5,7H,6H2,1H3,(H2,12,14,15,16). The maximum atomic E-state index is 10.9. The van der Waals surface area contributed by atoms with E-state index in [0.29, 0.717) is 12.5 Å². The number of rotatable bonds is 5. The molecule has 0 aliphatic carbocycles. The van der Waals surface area contributed by atoms with E-state index in [-0.39, 0.29) is 11.5 Å². The van der Waals surface area contributed by atoms with Crippen molar-refractivity contribution >= 4 is 17.5 Å². The first kappa shape index (κ1) is 12.7.